The number of rotatable bonds is 8. The summed E-state index contributed by atoms with van der Waals surface area (Å²) in [6.07, 6.45) is 2.89. The standard InChI is InChI=1S/C13H22N4O4S2/c14-7-12-17-11(9-22-12)13(18)15-4-6-23(19,20)16-8-10-3-1-2-5-21-10/h9-10,16H,1-8,14H2,(H,15,18). The Morgan fingerprint density at radius 2 is 2.30 bits per heavy atom. The molecule has 1 aromatic rings. The zero-order valence-corrected chi connectivity index (χ0v) is 14.4. The van der Waals surface area contributed by atoms with Crippen LogP contribution in [0.3, 0.4) is 0 Å². The molecule has 1 aliphatic rings. The van der Waals surface area contributed by atoms with Crippen molar-refractivity contribution in [2.45, 2.75) is 31.9 Å². The zero-order valence-electron chi connectivity index (χ0n) is 12.8. The highest BCUT2D eigenvalue weighted by Gasteiger charge is 2.18. The van der Waals surface area contributed by atoms with E-state index in [1.807, 2.05) is 0 Å². The first-order valence-electron chi connectivity index (χ1n) is 7.52. The van der Waals surface area contributed by atoms with E-state index in [1.54, 1.807) is 5.38 Å². The van der Waals surface area contributed by atoms with Gasteiger partial charge >= 0.3 is 0 Å². The van der Waals surface area contributed by atoms with Crippen molar-refractivity contribution < 1.29 is 17.9 Å². The zero-order chi connectivity index (χ0) is 16.7. The van der Waals surface area contributed by atoms with Gasteiger partial charge in [-0.3, -0.25) is 4.79 Å². The molecule has 1 unspecified atom stereocenters. The lowest BCUT2D eigenvalue weighted by Gasteiger charge is -2.22. The number of carbonyl (C=O) groups excluding carboxylic acids is 1. The van der Waals surface area contributed by atoms with Crippen molar-refractivity contribution in [2.24, 2.45) is 5.73 Å². The smallest absolute Gasteiger partial charge is 0.270 e. The Hall–Kier alpha value is -1.07. The van der Waals surface area contributed by atoms with Crippen molar-refractivity contribution in [3.8, 4) is 0 Å². The second-order valence-electron chi connectivity index (χ2n) is 5.24. The number of thiazole rings is 1. The van der Waals surface area contributed by atoms with E-state index >= 15 is 0 Å². The molecule has 8 nitrogen and oxygen atoms in total. The number of sulfonamides is 1. The first-order chi connectivity index (χ1) is 11.0. The van der Waals surface area contributed by atoms with Crippen molar-refractivity contribution in [1.29, 1.82) is 0 Å². The number of hydrogen-bond acceptors (Lipinski definition) is 7. The van der Waals surface area contributed by atoms with Gasteiger partial charge < -0.3 is 15.8 Å². The Kier molecular flexibility index (Phi) is 6.90. The van der Waals surface area contributed by atoms with E-state index in [-0.39, 0.29) is 37.2 Å². The lowest BCUT2D eigenvalue weighted by Crippen LogP contribution is -2.39. The Labute approximate surface area is 139 Å². The fourth-order valence-electron chi connectivity index (χ4n) is 2.16. The van der Waals surface area contributed by atoms with Crippen molar-refractivity contribution in [2.75, 3.05) is 25.4 Å². The first kappa shape index (κ1) is 18.3. The molecule has 0 aliphatic carbocycles. The van der Waals surface area contributed by atoms with E-state index in [0.29, 0.717) is 11.6 Å². The van der Waals surface area contributed by atoms with Gasteiger partial charge in [-0.2, -0.15) is 0 Å². The first-order valence-corrected chi connectivity index (χ1v) is 10.0. The summed E-state index contributed by atoms with van der Waals surface area (Å²) in [5, 5.41) is 4.81. The fraction of sp³-hybridized carbons (Fsp3) is 0.692. The summed E-state index contributed by atoms with van der Waals surface area (Å²) in [6.45, 7) is 1.26. The average Bonchev–Trinajstić information content (AvgIpc) is 3.03. The third kappa shape index (κ3) is 6.15. The molecule has 0 spiro atoms. The summed E-state index contributed by atoms with van der Waals surface area (Å²) in [4.78, 5) is 15.9. The Morgan fingerprint density at radius 3 is 2.96 bits per heavy atom. The third-order valence-electron chi connectivity index (χ3n) is 3.42. The minimum atomic E-state index is -3.44. The van der Waals surface area contributed by atoms with Crippen LogP contribution in [0, 0.1) is 0 Å². The second kappa shape index (κ2) is 8.69. The molecule has 23 heavy (non-hydrogen) atoms. The van der Waals surface area contributed by atoms with Gasteiger partial charge in [-0.15, -0.1) is 11.3 Å². The Morgan fingerprint density at radius 1 is 1.48 bits per heavy atom. The molecule has 1 aliphatic heterocycles. The summed E-state index contributed by atoms with van der Waals surface area (Å²) < 4.78 is 31.8. The highest BCUT2D eigenvalue weighted by atomic mass is 32.2. The number of nitrogens with zero attached hydrogens (tertiary/aromatic N) is 1. The van der Waals surface area contributed by atoms with E-state index in [2.05, 4.69) is 15.0 Å². The molecule has 1 aromatic heterocycles. The Bertz CT molecular complexity index is 611. The van der Waals surface area contributed by atoms with Crippen LogP contribution in [0.25, 0.3) is 0 Å². The van der Waals surface area contributed by atoms with Crippen LogP contribution in [0.1, 0.15) is 34.8 Å². The highest BCUT2D eigenvalue weighted by molar-refractivity contribution is 7.89. The number of hydrogen-bond donors (Lipinski definition) is 3. The van der Waals surface area contributed by atoms with Gasteiger partial charge in [-0.1, -0.05) is 0 Å². The number of nitrogens with one attached hydrogen (secondary N) is 2. The minimum Gasteiger partial charge on any atom is -0.377 e. The summed E-state index contributed by atoms with van der Waals surface area (Å²) >= 11 is 1.30. The van der Waals surface area contributed by atoms with Crippen molar-refractivity contribution in [1.82, 2.24) is 15.0 Å². The predicted molar refractivity (Wildman–Crippen MR) is 87.7 cm³/mol. The molecule has 1 atom stereocenters. The fourth-order valence-corrected chi connectivity index (χ4v) is 3.77. The van der Waals surface area contributed by atoms with Crippen molar-refractivity contribution in [3.05, 3.63) is 16.1 Å². The maximum atomic E-state index is 11.9. The van der Waals surface area contributed by atoms with Gasteiger partial charge in [0.05, 0.1) is 11.9 Å². The van der Waals surface area contributed by atoms with E-state index in [1.165, 1.54) is 11.3 Å². The lowest BCUT2D eigenvalue weighted by molar-refractivity contribution is 0.0200. The molecule has 0 saturated carbocycles. The number of ether oxygens (including phenoxy) is 1. The van der Waals surface area contributed by atoms with E-state index < -0.39 is 15.9 Å². The maximum Gasteiger partial charge on any atom is 0.270 e. The number of carbonyl (C=O) groups is 1. The SMILES string of the molecule is NCc1nc(C(=O)NCCS(=O)(=O)NCC2CCCCO2)cs1. The van der Waals surface area contributed by atoms with Crippen molar-refractivity contribution >= 4 is 27.3 Å². The topological polar surface area (TPSA) is 123 Å². The van der Waals surface area contributed by atoms with Gasteiger partial charge in [0.2, 0.25) is 10.0 Å². The van der Waals surface area contributed by atoms with Crippen LogP contribution in [-0.4, -0.2) is 50.9 Å². The highest BCUT2D eigenvalue weighted by Crippen LogP contribution is 2.12. The molecule has 0 bridgehead atoms. The van der Waals surface area contributed by atoms with E-state index in [9.17, 15) is 13.2 Å². The van der Waals surface area contributed by atoms with Gasteiger partial charge in [-0.05, 0) is 19.3 Å². The van der Waals surface area contributed by atoms with Crippen molar-refractivity contribution in [3.63, 3.8) is 0 Å². The third-order valence-corrected chi connectivity index (χ3v) is 5.64. The normalized spacial score (nSPS) is 18.7. The average molecular weight is 362 g/mol. The molecule has 10 heteroatoms. The largest absolute Gasteiger partial charge is 0.377 e. The van der Waals surface area contributed by atoms with Gasteiger partial charge in [0.15, 0.2) is 0 Å². The van der Waals surface area contributed by atoms with Crippen LogP contribution in [0.15, 0.2) is 5.38 Å². The van der Waals surface area contributed by atoms with Crippen LogP contribution >= 0.6 is 11.3 Å². The number of amides is 1. The van der Waals surface area contributed by atoms with Crippen LogP contribution in [0.4, 0.5) is 0 Å². The van der Waals surface area contributed by atoms with Gasteiger partial charge in [0.1, 0.15) is 10.7 Å². The molecule has 2 heterocycles. The quantitative estimate of drug-likeness (QED) is 0.589. The van der Waals surface area contributed by atoms with Gasteiger partial charge in [0.25, 0.3) is 5.91 Å². The molecule has 1 fully saturated rings. The minimum absolute atomic E-state index is 0.0230. The van der Waals surface area contributed by atoms with E-state index in [4.69, 9.17) is 10.5 Å². The molecule has 0 aromatic carbocycles. The van der Waals surface area contributed by atoms with Crippen LogP contribution in [0.5, 0.6) is 0 Å². The molecular weight excluding hydrogens is 340 g/mol. The molecule has 1 amide bonds. The van der Waals surface area contributed by atoms with Crippen LogP contribution in [-0.2, 0) is 21.3 Å². The number of aromatic nitrogens is 1. The molecule has 2 rings (SSSR count). The summed E-state index contributed by atoms with van der Waals surface area (Å²) in [6, 6.07) is 0. The predicted octanol–water partition coefficient (Wildman–Crippen LogP) is -0.180. The monoisotopic (exact) mass is 362 g/mol. The lowest BCUT2D eigenvalue weighted by atomic mass is 10.1. The second-order valence-corrected chi connectivity index (χ2v) is 8.11. The summed E-state index contributed by atoms with van der Waals surface area (Å²) in [5.41, 5.74) is 5.69. The van der Waals surface area contributed by atoms with E-state index in [0.717, 1.165) is 19.3 Å². The molecular formula is C13H22N4O4S2. The summed E-state index contributed by atoms with van der Waals surface area (Å²) in [7, 11) is -3.44. The van der Waals surface area contributed by atoms with Crippen LogP contribution in [0.2, 0.25) is 0 Å². The molecule has 4 N–H and O–H groups in total. The number of nitrogens with two attached hydrogens (primary N) is 1. The maximum absolute atomic E-state index is 11.9. The molecule has 1 saturated heterocycles. The molecule has 130 valence electrons. The van der Waals surface area contributed by atoms with Gasteiger partial charge in [0, 0.05) is 31.6 Å². The molecule has 0 radical (unpaired) electrons. The van der Waals surface area contributed by atoms with Gasteiger partial charge in [-0.25, -0.2) is 18.1 Å². The Balaban J connectivity index is 1.70. The van der Waals surface area contributed by atoms with Crippen LogP contribution < -0.4 is 15.8 Å². The summed E-state index contributed by atoms with van der Waals surface area (Å²) in [5.74, 6) is -0.578.